The molecule has 1 heterocycles. The zero-order chi connectivity index (χ0) is 16.4. The number of rotatable bonds is 5. The summed E-state index contributed by atoms with van der Waals surface area (Å²) in [6.45, 7) is 3.64. The maximum absolute atomic E-state index is 11.8. The Morgan fingerprint density at radius 3 is 2.05 bits per heavy atom. The summed E-state index contributed by atoms with van der Waals surface area (Å²) in [5, 5.41) is 0. The zero-order valence-corrected chi connectivity index (χ0v) is 13.8. The summed E-state index contributed by atoms with van der Waals surface area (Å²) in [6, 6.07) is 6.52. The lowest BCUT2D eigenvalue weighted by Gasteiger charge is -2.35. The number of nitrogens with zero attached hydrogens (tertiary/aromatic N) is 2. The van der Waals surface area contributed by atoms with Crippen LogP contribution in [0.4, 0.5) is 11.4 Å². The third kappa shape index (κ3) is 4.32. The first-order valence-electron chi connectivity index (χ1n) is 6.79. The Balaban J connectivity index is 2.00. The van der Waals surface area contributed by atoms with Crippen molar-refractivity contribution in [3.8, 4) is 0 Å². The van der Waals surface area contributed by atoms with E-state index in [2.05, 4.69) is 0 Å². The first-order chi connectivity index (χ1) is 10.2. The molecular formula is C12H19N3O5S2. The van der Waals surface area contributed by atoms with E-state index in [-0.39, 0.29) is 11.4 Å². The molecule has 0 unspecified atom stereocenters. The van der Waals surface area contributed by atoms with E-state index < -0.39 is 20.3 Å². The van der Waals surface area contributed by atoms with Gasteiger partial charge in [-0.25, -0.2) is 8.42 Å². The Morgan fingerprint density at radius 1 is 1.05 bits per heavy atom. The monoisotopic (exact) mass is 349 g/mol. The zero-order valence-electron chi connectivity index (χ0n) is 12.1. The van der Waals surface area contributed by atoms with Gasteiger partial charge in [0, 0.05) is 31.9 Å². The van der Waals surface area contributed by atoms with Crippen molar-refractivity contribution < 1.29 is 21.4 Å². The summed E-state index contributed by atoms with van der Waals surface area (Å²) >= 11 is 0. The van der Waals surface area contributed by atoms with E-state index in [0.29, 0.717) is 26.2 Å². The van der Waals surface area contributed by atoms with Crippen LogP contribution < -0.4 is 9.62 Å². The van der Waals surface area contributed by atoms with Crippen molar-refractivity contribution in [3.63, 3.8) is 0 Å². The average Bonchev–Trinajstić information content (AvgIpc) is 2.46. The SMILES string of the molecule is CCS(=O)(=O)N1CCN(c2ccc(NS(=O)(=O)O)cc2)CC1. The smallest absolute Gasteiger partial charge is 0.357 e. The molecule has 2 rings (SSSR count). The van der Waals surface area contributed by atoms with Gasteiger partial charge in [-0.2, -0.15) is 12.7 Å². The molecule has 10 heteroatoms. The van der Waals surface area contributed by atoms with Crippen LogP contribution in [0.15, 0.2) is 24.3 Å². The van der Waals surface area contributed by atoms with Crippen molar-refractivity contribution in [1.29, 1.82) is 0 Å². The fraction of sp³-hybridized carbons (Fsp3) is 0.500. The Kier molecular flexibility index (Phi) is 4.95. The Labute approximate surface area is 130 Å². The van der Waals surface area contributed by atoms with E-state index in [1.54, 1.807) is 19.1 Å². The van der Waals surface area contributed by atoms with Gasteiger partial charge in [0.2, 0.25) is 10.0 Å². The van der Waals surface area contributed by atoms with Crippen LogP contribution in [0.5, 0.6) is 0 Å². The van der Waals surface area contributed by atoms with E-state index in [0.717, 1.165) is 5.69 Å². The van der Waals surface area contributed by atoms with Gasteiger partial charge in [-0.15, -0.1) is 0 Å². The van der Waals surface area contributed by atoms with Gasteiger partial charge in [0.15, 0.2) is 0 Å². The van der Waals surface area contributed by atoms with Crippen molar-refractivity contribution in [2.75, 3.05) is 41.6 Å². The quantitative estimate of drug-likeness (QED) is 0.744. The van der Waals surface area contributed by atoms with Gasteiger partial charge in [-0.05, 0) is 31.2 Å². The summed E-state index contributed by atoms with van der Waals surface area (Å²) in [5.41, 5.74) is 1.13. The predicted molar refractivity (Wildman–Crippen MR) is 84.9 cm³/mol. The molecule has 0 bridgehead atoms. The molecule has 0 aliphatic carbocycles. The van der Waals surface area contributed by atoms with Crippen LogP contribution in [-0.2, 0) is 20.3 Å². The fourth-order valence-electron chi connectivity index (χ4n) is 2.30. The highest BCUT2D eigenvalue weighted by Crippen LogP contribution is 2.20. The molecule has 1 saturated heterocycles. The minimum absolute atomic E-state index is 0.100. The van der Waals surface area contributed by atoms with Gasteiger partial charge in [-0.1, -0.05) is 0 Å². The van der Waals surface area contributed by atoms with Crippen LogP contribution in [0.25, 0.3) is 0 Å². The van der Waals surface area contributed by atoms with E-state index in [1.165, 1.54) is 16.4 Å². The highest BCUT2D eigenvalue weighted by molar-refractivity contribution is 7.89. The van der Waals surface area contributed by atoms with Crippen LogP contribution in [0, 0.1) is 0 Å². The minimum Gasteiger partial charge on any atom is -0.369 e. The molecule has 124 valence electrons. The summed E-state index contributed by atoms with van der Waals surface area (Å²) in [7, 11) is -7.43. The van der Waals surface area contributed by atoms with Crippen LogP contribution in [0.1, 0.15) is 6.92 Å². The van der Waals surface area contributed by atoms with Crippen LogP contribution in [-0.4, -0.2) is 57.6 Å². The second-order valence-corrected chi connectivity index (χ2v) is 8.32. The number of benzene rings is 1. The Hall–Kier alpha value is -1.36. The molecule has 1 aliphatic heterocycles. The molecule has 0 amide bonds. The van der Waals surface area contributed by atoms with Gasteiger partial charge < -0.3 is 4.90 Å². The number of hydrogen-bond donors (Lipinski definition) is 2. The lowest BCUT2D eigenvalue weighted by atomic mass is 10.2. The van der Waals surface area contributed by atoms with Gasteiger partial charge in [0.1, 0.15) is 0 Å². The molecular weight excluding hydrogens is 330 g/mol. The maximum Gasteiger partial charge on any atom is 0.357 e. The summed E-state index contributed by atoms with van der Waals surface area (Å²) < 4.78 is 57.2. The van der Waals surface area contributed by atoms with Crippen LogP contribution >= 0.6 is 0 Å². The summed E-state index contributed by atoms with van der Waals surface area (Å²) in [6.07, 6.45) is 0. The second kappa shape index (κ2) is 6.41. The van der Waals surface area contributed by atoms with Gasteiger partial charge in [-0.3, -0.25) is 9.27 Å². The molecule has 8 nitrogen and oxygen atoms in total. The molecule has 1 fully saturated rings. The molecule has 0 aromatic heterocycles. The van der Waals surface area contributed by atoms with Crippen LogP contribution in [0.3, 0.4) is 0 Å². The molecule has 0 radical (unpaired) electrons. The standard InChI is InChI=1S/C12H19N3O5S2/c1-2-21(16,17)15-9-7-14(8-10-15)12-5-3-11(4-6-12)13-22(18,19)20/h3-6,13H,2,7-10H2,1H3,(H,18,19,20). The van der Waals surface area contributed by atoms with E-state index >= 15 is 0 Å². The van der Waals surface area contributed by atoms with E-state index in [1.807, 2.05) is 9.62 Å². The van der Waals surface area contributed by atoms with Gasteiger partial charge >= 0.3 is 10.3 Å². The molecule has 1 aromatic carbocycles. The van der Waals surface area contributed by atoms with Crippen molar-refractivity contribution >= 4 is 31.7 Å². The summed E-state index contributed by atoms with van der Waals surface area (Å²) in [5.74, 6) is 0.100. The first kappa shape index (κ1) is 17.0. The Morgan fingerprint density at radius 2 is 1.59 bits per heavy atom. The highest BCUT2D eigenvalue weighted by atomic mass is 32.2. The number of piperazine rings is 1. The highest BCUT2D eigenvalue weighted by Gasteiger charge is 2.25. The van der Waals surface area contributed by atoms with Gasteiger partial charge in [0.05, 0.1) is 11.4 Å². The maximum atomic E-state index is 11.8. The predicted octanol–water partition coefficient (Wildman–Crippen LogP) is 0.373. The topological polar surface area (TPSA) is 107 Å². The molecule has 1 aromatic rings. The molecule has 22 heavy (non-hydrogen) atoms. The lowest BCUT2D eigenvalue weighted by Crippen LogP contribution is -2.49. The molecule has 1 aliphatic rings. The number of sulfonamides is 1. The normalized spacial score (nSPS) is 17.5. The first-order valence-corrected chi connectivity index (χ1v) is 9.84. The average molecular weight is 349 g/mol. The fourth-order valence-corrected chi connectivity index (χ4v) is 3.81. The molecule has 0 atom stereocenters. The summed E-state index contributed by atoms with van der Waals surface area (Å²) in [4.78, 5) is 2.03. The third-order valence-electron chi connectivity index (χ3n) is 3.48. The molecule has 0 saturated carbocycles. The number of nitrogens with one attached hydrogen (secondary N) is 1. The number of anilines is 2. The third-order valence-corrected chi connectivity index (χ3v) is 5.85. The second-order valence-electron chi connectivity index (χ2n) is 4.91. The molecule has 2 N–H and O–H groups in total. The largest absolute Gasteiger partial charge is 0.369 e. The van der Waals surface area contributed by atoms with Gasteiger partial charge in [0.25, 0.3) is 0 Å². The number of hydrogen-bond acceptors (Lipinski definition) is 5. The molecule has 0 spiro atoms. The van der Waals surface area contributed by atoms with E-state index in [4.69, 9.17) is 4.55 Å². The van der Waals surface area contributed by atoms with Crippen molar-refractivity contribution in [1.82, 2.24) is 4.31 Å². The van der Waals surface area contributed by atoms with Crippen LogP contribution in [0.2, 0.25) is 0 Å². The van der Waals surface area contributed by atoms with Crippen molar-refractivity contribution in [2.45, 2.75) is 6.92 Å². The minimum atomic E-state index is -4.28. The Bertz CT molecular complexity index is 708. The lowest BCUT2D eigenvalue weighted by molar-refractivity contribution is 0.385. The van der Waals surface area contributed by atoms with Crippen molar-refractivity contribution in [2.24, 2.45) is 0 Å². The van der Waals surface area contributed by atoms with E-state index in [9.17, 15) is 16.8 Å². The van der Waals surface area contributed by atoms with Crippen molar-refractivity contribution in [3.05, 3.63) is 24.3 Å².